The SMILES string of the molecule is COCNc1cc(S(=O)(=O)[O-])c(NC(C)=O)cc1S(=O)(=O)[O-].[Na+].[Na+]. The smallest absolute Gasteiger partial charge is 0.744 e. The summed E-state index contributed by atoms with van der Waals surface area (Å²) >= 11 is 0. The molecule has 24 heavy (non-hydrogen) atoms. The van der Waals surface area contributed by atoms with E-state index in [1.807, 2.05) is 5.32 Å². The number of nitrogens with one attached hydrogen (secondary N) is 2. The van der Waals surface area contributed by atoms with Crippen LogP contribution in [0.2, 0.25) is 0 Å². The van der Waals surface area contributed by atoms with Gasteiger partial charge in [-0.05, 0) is 12.1 Å². The van der Waals surface area contributed by atoms with Crippen molar-refractivity contribution < 1.29 is 94.6 Å². The molecule has 0 heterocycles. The Morgan fingerprint density at radius 3 is 1.83 bits per heavy atom. The molecule has 0 saturated heterocycles. The maximum atomic E-state index is 11.2. The van der Waals surface area contributed by atoms with E-state index < -0.39 is 47.3 Å². The zero-order chi connectivity index (χ0) is 17.1. The first-order valence-corrected chi connectivity index (χ1v) is 8.38. The molecule has 0 aliphatic heterocycles. The van der Waals surface area contributed by atoms with Crippen LogP contribution in [-0.2, 0) is 29.8 Å². The van der Waals surface area contributed by atoms with Crippen LogP contribution >= 0.6 is 0 Å². The van der Waals surface area contributed by atoms with E-state index in [1.165, 1.54) is 7.11 Å². The van der Waals surface area contributed by atoms with Crippen molar-refractivity contribution in [2.45, 2.75) is 16.7 Å². The van der Waals surface area contributed by atoms with E-state index >= 15 is 0 Å². The number of benzene rings is 1. The third-order valence-corrected chi connectivity index (χ3v) is 4.09. The fourth-order valence-corrected chi connectivity index (χ4v) is 2.85. The average molecular weight is 398 g/mol. The van der Waals surface area contributed by atoms with Crippen molar-refractivity contribution in [1.82, 2.24) is 0 Å². The van der Waals surface area contributed by atoms with Crippen LogP contribution in [0, 0.1) is 0 Å². The molecule has 1 aromatic carbocycles. The van der Waals surface area contributed by atoms with Crippen LogP contribution in [-0.4, -0.2) is 45.7 Å². The molecule has 0 radical (unpaired) electrons. The molecule has 0 bridgehead atoms. The Hall–Kier alpha value is 0.270. The Labute approximate surface area is 183 Å². The molecule has 0 spiro atoms. The van der Waals surface area contributed by atoms with Gasteiger partial charge in [0.15, 0.2) is 0 Å². The number of hydrogen-bond donors (Lipinski definition) is 2. The average Bonchev–Trinajstić information content (AvgIpc) is 2.33. The summed E-state index contributed by atoms with van der Waals surface area (Å²) in [5.41, 5.74) is -1.03. The molecule has 0 aliphatic rings. The van der Waals surface area contributed by atoms with Crippen molar-refractivity contribution in [2.24, 2.45) is 0 Å². The van der Waals surface area contributed by atoms with Gasteiger partial charge in [0.2, 0.25) is 5.91 Å². The van der Waals surface area contributed by atoms with Gasteiger partial charge in [0.05, 0.1) is 21.2 Å². The van der Waals surface area contributed by atoms with Crippen LogP contribution in [0.1, 0.15) is 6.92 Å². The topological polar surface area (TPSA) is 165 Å². The van der Waals surface area contributed by atoms with Gasteiger partial charge in [0.25, 0.3) is 0 Å². The third-order valence-electron chi connectivity index (χ3n) is 2.34. The Bertz CT molecular complexity index is 795. The molecule has 0 atom stereocenters. The summed E-state index contributed by atoms with van der Waals surface area (Å²) in [7, 11) is -8.77. The fourth-order valence-electron chi connectivity index (χ4n) is 1.55. The van der Waals surface area contributed by atoms with Crippen molar-refractivity contribution in [1.29, 1.82) is 0 Å². The van der Waals surface area contributed by atoms with Gasteiger partial charge in [-0.2, -0.15) is 0 Å². The zero-order valence-corrected chi connectivity index (χ0v) is 19.1. The van der Waals surface area contributed by atoms with E-state index in [2.05, 4.69) is 10.1 Å². The van der Waals surface area contributed by atoms with Gasteiger partial charge in [-0.15, -0.1) is 0 Å². The maximum absolute atomic E-state index is 11.2. The number of hydrogen-bond acceptors (Lipinski definition) is 9. The first-order valence-electron chi connectivity index (χ1n) is 5.57. The second-order valence-corrected chi connectivity index (χ2v) is 6.74. The minimum Gasteiger partial charge on any atom is -0.744 e. The van der Waals surface area contributed by atoms with Gasteiger partial charge >= 0.3 is 59.1 Å². The molecule has 1 aromatic rings. The van der Waals surface area contributed by atoms with Gasteiger partial charge in [-0.1, -0.05) is 0 Å². The van der Waals surface area contributed by atoms with E-state index in [-0.39, 0.29) is 65.8 Å². The zero-order valence-electron chi connectivity index (χ0n) is 13.4. The first kappa shape index (κ1) is 26.5. The largest absolute Gasteiger partial charge is 1.00 e. The van der Waals surface area contributed by atoms with E-state index in [0.717, 1.165) is 6.92 Å². The summed E-state index contributed by atoms with van der Waals surface area (Å²) < 4.78 is 72.0. The number of anilines is 2. The van der Waals surface area contributed by atoms with E-state index in [0.29, 0.717) is 12.1 Å². The molecule has 0 aromatic heterocycles. The minimum absolute atomic E-state index is 0. The summed E-state index contributed by atoms with van der Waals surface area (Å²) in [6.45, 7) is 0.768. The van der Waals surface area contributed by atoms with Crippen LogP contribution in [0.5, 0.6) is 0 Å². The minimum atomic E-state index is -5.03. The second-order valence-electron chi connectivity index (χ2n) is 4.04. The van der Waals surface area contributed by atoms with E-state index in [9.17, 15) is 30.7 Å². The number of carbonyl (C=O) groups is 1. The van der Waals surface area contributed by atoms with Crippen LogP contribution in [0.3, 0.4) is 0 Å². The van der Waals surface area contributed by atoms with Crippen LogP contribution < -0.4 is 69.7 Å². The molecule has 14 heteroatoms. The summed E-state index contributed by atoms with van der Waals surface area (Å²) in [6, 6.07) is 1.25. The molecule has 0 fully saturated rings. The van der Waals surface area contributed by atoms with E-state index in [4.69, 9.17) is 0 Å². The number of methoxy groups -OCH3 is 1. The Balaban J connectivity index is 0. The van der Waals surface area contributed by atoms with Crippen LogP contribution in [0.4, 0.5) is 11.4 Å². The predicted molar refractivity (Wildman–Crippen MR) is 72.2 cm³/mol. The number of carbonyl (C=O) groups excluding carboxylic acids is 1. The van der Waals surface area contributed by atoms with E-state index in [1.54, 1.807) is 0 Å². The molecule has 0 unspecified atom stereocenters. The monoisotopic (exact) mass is 398 g/mol. The number of ether oxygens (including phenoxy) is 1. The van der Waals surface area contributed by atoms with Crippen molar-refractivity contribution in [2.75, 3.05) is 24.5 Å². The summed E-state index contributed by atoms with van der Waals surface area (Å²) in [4.78, 5) is 9.33. The molecular formula is C10H12N2Na2O8S2. The number of rotatable bonds is 6. The molecule has 2 N–H and O–H groups in total. The Kier molecular flexibility index (Phi) is 11.5. The van der Waals surface area contributed by atoms with Crippen molar-refractivity contribution in [3.8, 4) is 0 Å². The molecule has 10 nitrogen and oxygen atoms in total. The fraction of sp³-hybridized carbons (Fsp3) is 0.300. The van der Waals surface area contributed by atoms with Crippen molar-refractivity contribution in [3.63, 3.8) is 0 Å². The van der Waals surface area contributed by atoms with Crippen LogP contribution in [0.15, 0.2) is 21.9 Å². The number of amides is 1. The van der Waals surface area contributed by atoms with Crippen LogP contribution in [0.25, 0.3) is 0 Å². The van der Waals surface area contributed by atoms with Gasteiger partial charge in [0, 0.05) is 14.0 Å². The summed E-state index contributed by atoms with van der Waals surface area (Å²) in [5, 5.41) is 4.34. The molecule has 0 aliphatic carbocycles. The standard InChI is InChI=1S/C10H14N2O8S2.2Na/c1-6(13)12-8-4-9(21(14,15)16)7(11-5-20-2)3-10(8)22(17,18)19;;/h3-4,11H,5H2,1-2H3,(H,12,13)(H,14,15,16)(H,17,18,19);;/q;2*+1/p-2. The maximum Gasteiger partial charge on any atom is 1.00 e. The summed E-state index contributed by atoms with van der Waals surface area (Å²) in [5.74, 6) is -0.753. The first-order chi connectivity index (χ1) is 9.96. The molecular weight excluding hydrogens is 386 g/mol. The third kappa shape index (κ3) is 7.66. The van der Waals surface area contributed by atoms with Crippen molar-refractivity contribution in [3.05, 3.63) is 12.1 Å². The summed E-state index contributed by atoms with van der Waals surface area (Å²) in [6.07, 6.45) is 0. The molecule has 1 amide bonds. The predicted octanol–water partition coefficient (Wildman–Crippen LogP) is -6.52. The molecule has 124 valence electrons. The van der Waals surface area contributed by atoms with Gasteiger partial charge in [-0.3, -0.25) is 4.79 Å². The quantitative estimate of drug-likeness (QED) is 0.269. The Morgan fingerprint density at radius 2 is 1.46 bits per heavy atom. The molecule has 0 saturated carbocycles. The second kappa shape index (κ2) is 10.4. The van der Waals surface area contributed by atoms with Crippen molar-refractivity contribution >= 4 is 37.5 Å². The van der Waals surface area contributed by atoms with Gasteiger partial charge in [0.1, 0.15) is 27.0 Å². The normalized spacial score (nSPS) is 11.0. The molecule has 1 rings (SSSR count). The van der Waals surface area contributed by atoms with Gasteiger partial charge < -0.3 is 24.5 Å². The Morgan fingerprint density at radius 1 is 1.04 bits per heavy atom. The van der Waals surface area contributed by atoms with Gasteiger partial charge in [-0.25, -0.2) is 16.8 Å².